The Bertz CT molecular complexity index is 260. The average Bonchev–Trinajstić information content (AvgIpc) is 2.86. The number of hydrogen-bond donors (Lipinski definition) is 0. The van der Waals surface area contributed by atoms with Crippen molar-refractivity contribution in [1.82, 2.24) is 0 Å². The molecule has 0 bridgehead atoms. The zero-order chi connectivity index (χ0) is 17.6. The van der Waals surface area contributed by atoms with Crippen molar-refractivity contribution in [2.24, 2.45) is 0 Å². The molecule has 0 aromatic carbocycles. The normalized spacial score (nSPS) is 17.0. The highest BCUT2D eigenvalue weighted by atomic mass is 19.5. The molecule has 0 amide bonds. The molecule has 1 aliphatic rings. The van der Waals surface area contributed by atoms with E-state index in [-0.39, 0.29) is 0 Å². The Kier molecular flexibility index (Phi) is 12.9. The van der Waals surface area contributed by atoms with E-state index in [0.29, 0.717) is 0 Å². The summed E-state index contributed by atoms with van der Waals surface area (Å²) in [5, 5.41) is 0. The van der Waals surface area contributed by atoms with Crippen molar-refractivity contribution in [2.45, 2.75) is 84.0 Å². The van der Waals surface area contributed by atoms with Crippen LogP contribution in [0.25, 0.3) is 0 Å². The van der Waals surface area contributed by atoms with Crippen molar-refractivity contribution >= 4 is 7.25 Å². The van der Waals surface area contributed by atoms with Crippen LogP contribution in [0.15, 0.2) is 0 Å². The number of likely N-dealkylation sites (tertiary alicyclic amines) is 1. The van der Waals surface area contributed by atoms with Gasteiger partial charge in [-0.1, -0.05) is 58.3 Å². The summed E-state index contributed by atoms with van der Waals surface area (Å²) in [5.74, 6) is 0. The maximum Gasteiger partial charge on any atom is 0.673 e. The van der Waals surface area contributed by atoms with E-state index >= 15 is 0 Å². The van der Waals surface area contributed by atoms with Crippen molar-refractivity contribution in [3.05, 3.63) is 0 Å². The number of nitrogens with zero attached hydrogens (tertiary/aromatic N) is 1. The first-order chi connectivity index (χ1) is 10.8. The van der Waals surface area contributed by atoms with Gasteiger partial charge < -0.3 is 21.7 Å². The molecule has 1 saturated heterocycles. The number of quaternary nitrogens is 1. The molecule has 1 aliphatic heterocycles. The van der Waals surface area contributed by atoms with Crippen LogP contribution in [-0.4, -0.2) is 38.4 Å². The standard InChI is InChI=1S/C17H36N.BF4/c1-3-4-5-6-7-8-9-10-11-12-15-18(2)16-13-14-17-18;2-1(3,4)5/h3-17H2,1-2H3;/q+1;-1. The molecule has 0 atom stereocenters. The van der Waals surface area contributed by atoms with Gasteiger partial charge in [0.05, 0.1) is 26.7 Å². The van der Waals surface area contributed by atoms with Gasteiger partial charge in [-0.2, -0.15) is 0 Å². The summed E-state index contributed by atoms with van der Waals surface area (Å²) in [4.78, 5) is 0. The van der Waals surface area contributed by atoms with Crippen LogP contribution in [-0.2, 0) is 0 Å². The smallest absolute Gasteiger partial charge is 0.418 e. The van der Waals surface area contributed by atoms with E-state index in [2.05, 4.69) is 14.0 Å². The highest BCUT2D eigenvalue weighted by molar-refractivity contribution is 6.50. The summed E-state index contributed by atoms with van der Waals surface area (Å²) in [6.07, 6.45) is 17.5. The second kappa shape index (κ2) is 13.1. The fraction of sp³-hybridized carbons (Fsp3) is 1.00. The topological polar surface area (TPSA) is 0 Å². The molecular weight excluding hydrogens is 305 g/mol. The molecule has 1 rings (SSSR count). The molecule has 1 nitrogen and oxygen atoms in total. The van der Waals surface area contributed by atoms with E-state index in [9.17, 15) is 17.3 Å². The van der Waals surface area contributed by atoms with E-state index in [1.54, 1.807) is 0 Å². The molecule has 0 saturated carbocycles. The minimum absolute atomic E-state index is 1.37. The number of hydrogen-bond acceptors (Lipinski definition) is 0. The Morgan fingerprint density at radius 1 is 0.696 bits per heavy atom. The number of halogens is 4. The van der Waals surface area contributed by atoms with Gasteiger partial charge in [0.15, 0.2) is 0 Å². The predicted octanol–water partition coefficient (Wildman–Crippen LogP) is 6.45. The minimum Gasteiger partial charge on any atom is -0.418 e. The van der Waals surface area contributed by atoms with Gasteiger partial charge in [0.1, 0.15) is 0 Å². The number of rotatable bonds is 11. The van der Waals surface area contributed by atoms with Gasteiger partial charge in [0, 0.05) is 12.8 Å². The highest BCUT2D eigenvalue weighted by Crippen LogP contribution is 2.18. The molecule has 0 unspecified atom stereocenters. The zero-order valence-electron chi connectivity index (χ0n) is 15.1. The molecule has 0 spiro atoms. The maximum absolute atomic E-state index is 9.75. The Morgan fingerprint density at radius 2 is 1.04 bits per heavy atom. The van der Waals surface area contributed by atoms with Crippen LogP contribution in [0.1, 0.15) is 84.0 Å². The lowest BCUT2D eigenvalue weighted by Gasteiger charge is -2.29. The largest absolute Gasteiger partial charge is 0.673 e. The molecule has 0 aromatic heterocycles. The van der Waals surface area contributed by atoms with E-state index in [0.717, 1.165) is 0 Å². The van der Waals surface area contributed by atoms with Crippen molar-refractivity contribution in [3.8, 4) is 0 Å². The first kappa shape index (κ1) is 22.7. The highest BCUT2D eigenvalue weighted by Gasteiger charge is 2.25. The van der Waals surface area contributed by atoms with Crippen molar-refractivity contribution in [3.63, 3.8) is 0 Å². The first-order valence-electron chi connectivity index (χ1n) is 9.48. The van der Waals surface area contributed by atoms with E-state index in [4.69, 9.17) is 0 Å². The van der Waals surface area contributed by atoms with Crippen LogP contribution >= 0.6 is 0 Å². The van der Waals surface area contributed by atoms with Gasteiger partial charge in [-0.15, -0.1) is 0 Å². The third kappa shape index (κ3) is 17.9. The Labute approximate surface area is 140 Å². The summed E-state index contributed by atoms with van der Waals surface area (Å²) < 4.78 is 40.4. The van der Waals surface area contributed by atoms with Gasteiger partial charge in [0.2, 0.25) is 0 Å². The molecule has 1 heterocycles. The molecule has 1 fully saturated rings. The maximum atomic E-state index is 9.75. The SMILES string of the molecule is CCCCCCCCCCCC[N+]1(C)CCCC1.F[B-](F)(F)F. The summed E-state index contributed by atoms with van der Waals surface area (Å²) in [7, 11) is -3.54. The Morgan fingerprint density at radius 3 is 1.43 bits per heavy atom. The van der Waals surface area contributed by atoms with Crippen molar-refractivity contribution in [2.75, 3.05) is 26.7 Å². The third-order valence-electron chi connectivity index (χ3n) is 4.70. The van der Waals surface area contributed by atoms with Gasteiger partial charge in [-0.05, 0) is 12.8 Å². The van der Waals surface area contributed by atoms with E-state index in [1.165, 1.54) is 101 Å². The van der Waals surface area contributed by atoms with Crippen LogP contribution in [0.2, 0.25) is 0 Å². The second-order valence-electron chi connectivity index (χ2n) is 7.17. The van der Waals surface area contributed by atoms with Gasteiger partial charge in [-0.3, -0.25) is 0 Å². The average molecular weight is 341 g/mol. The van der Waals surface area contributed by atoms with Crippen molar-refractivity contribution < 1.29 is 21.7 Å². The molecule has 6 heteroatoms. The molecule has 0 N–H and O–H groups in total. The Balaban J connectivity index is 0.000000841. The molecule has 140 valence electrons. The van der Waals surface area contributed by atoms with E-state index in [1.807, 2.05) is 0 Å². The van der Waals surface area contributed by atoms with Crippen LogP contribution in [0.5, 0.6) is 0 Å². The lowest BCUT2D eigenvalue weighted by atomic mass is 10.1. The first-order valence-corrected chi connectivity index (χ1v) is 9.48. The molecular formula is C17H36BF4N. The molecule has 0 aromatic rings. The van der Waals surface area contributed by atoms with Crippen LogP contribution in [0.4, 0.5) is 17.3 Å². The van der Waals surface area contributed by atoms with Gasteiger partial charge in [-0.25, -0.2) is 0 Å². The van der Waals surface area contributed by atoms with Crippen molar-refractivity contribution in [1.29, 1.82) is 0 Å². The third-order valence-corrected chi connectivity index (χ3v) is 4.70. The lowest BCUT2D eigenvalue weighted by Crippen LogP contribution is -2.41. The molecule has 0 aliphatic carbocycles. The van der Waals surface area contributed by atoms with Crippen LogP contribution in [0, 0.1) is 0 Å². The summed E-state index contributed by atoms with van der Waals surface area (Å²) in [6.45, 7) is 6.62. The lowest BCUT2D eigenvalue weighted by molar-refractivity contribution is -0.897. The summed E-state index contributed by atoms with van der Waals surface area (Å²) in [5.41, 5.74) is 0. The summed E-state index contributed by atoms with van der Waals surface area (Å²) in [6, 6.07) is 0. The van der Waals surface area contributed by atoms with E-state index < -0.39 is 7.25 Å². The Hall–Kier alpha value is -0.255. The monoisotopic (exact) mass is 341 g/mol. The van der Waals surface area contributed by atoms with Gasteiger partial charge in [0.25, 0.3) is 0 Å². The molecule has 0 radical (unpaired) electrons. The zero-order valence-corrected chi connectivity index (χ0v) is 15.1. The second-order valence-corrected chi connectivity index (χ2v) is 7.17. The minimum atomic E-state index is -6.00. The predicted molar refractivity (Wildman–Crippen MR) is 92.0 cm³/mol. The summed E-state index contributed by atoms with van der Waals surface area (Å²) >= 11 is 0. The van der Waals surface area contributed by atoms with Crippen LogP contribution < -0.4 is 0 Å². The van der Waals surface area contributed by atoms with Gasteiger partial charge >= 0.3 is 7.25 Å². The van der Waals surface area contributed by atoms with Crippen LogP contribution in [0.3, 0.4) is 0 Å². The fourth-order valence-electron chi connectivity index (χ4n) is 3.30. The molecule has 23 heavy (non-hydrogen) atoms. The number of unbranched alkanes of at least 4 members (excludes halogenated alkanes) is 9. The quantitative estimate of drug-likeness (QED) is 0.175. The fourth-order valence-corrected chi connectivity index (χ4v) is 3.30.